The molecule has 3 atom stereocenters. The average Bonchev–Trinajstić information content (AvgIpc) is 2.37. The molecular weight excluding hydrogens is 230 g/mol. The summed E-state index contributed by atoms with van der Waals surface area (Å²) in [5.74, 6) is 2.81. The van der Waals surface area contributed by atoms with Crippen LogP contribution in [-0.2, 0) is 0 Å². The number of nitrogens with one attached hydrogen (secondary N) is 1. The van der Waals surface area contributed by atoms with E-state index in [0.717, 1.165) is 23.8 Å². The van der Waals surface area contributed by atoms with E-state index in [1.807, 2.05) is 0 Å². The van der Waals surface area contributed by atoms with Gasteiger partial charge in [-0.1, -0.05) is 59.3 Å². The molecule has 1 heteroatoms. The predicted molar refractivity (Wildman–Crippen MR) is 86.5 cm³/mol. The zero-order chi connectivity index (χ0) is 14.1. The van der Waals surface area contributed by atoms with Gasteiger partial charge >= 0.3 is 0 Å². The summed E-state index contributed by atoms with van der Waals surface area (Å²) < 4.78 is 0. The van der Waals surface area contributed by atoms with E-state index in [1.165, 1.54) is 64.2 Å². The first-order valence-corrected chi connectivity index (χ1v) is 8.84. The van der Waals surface area contributed by atoms with Gasteiger partial charge in [-0.15, -0.1) is 0 Å². The Balaban J connectivity index is 2.20. The normalized spacial score (nSPS) is 29.4. The van der Waals surface area contributed by atoms with Crippen molar-refractivity contribution in [3.05, 3.63) is 0 Å². The molecule has 0 heterocycles. The lowest BCUT2D eigenvalue weighted by Gasteiger charge is -2.36. The highest BCUT2D eigenvalue weighted by molar-refractivity contribution is 4.83. The maximum Gasteiger partial charge on any atom is 0.00925 e. The van der Waals surface area contributed by atoms with Crippen LogP contribution in [0.25, 0.3) is 0 Å². The van der Waals surface area contributed by atoms with Gasteiger partial charge in [-0.05, 0) is 50.5 Å². The van der Waals surface area contributed by atoms with E-state index in [4.69, 9.17) is 0 Å². The second-order valence-corrected chi connectivity index (χ2v) is 7.13. The van der Waals surface area contributed by atoms with Gasteiger partial charge in [-0.25, -0.2) is 0 Å². The molecule has 0 aromatic carbocycles. The summed E-state index contributed by atoms with van der Waals surface area (Å²) in [6, 6.07) is 0.774. The van der Waals surface area contributed by atoms with Crippen molar-refractivity contribution >= 4 is 0 Å². The lowest BCUT2D eigenvalue weighted by molar-refractivity contribution is 0.173. The van der Waals surface area contributed by atoms with Crippen LogP contribution in [0.2, 0.25) is 0 Å². The van der Waals surface area contributed by atoms with Crippen molar-refractivity contribution in [3.63, 3.8) is 0 Å². The Labute approximate surface area is 121 Å². The number of hydrogen-bond acceptors (Lipinski definition) is 1. The first kappa shape index (κ1) is 17.0. The molecule has 1 aliphatic carbocycles. The molecule has 1 aliphatic rings. The zero-order valence-electron chi connectivity index (χ0n) is 13.9. The third kappa shape index (κ3) is 6.79. The molecule has 19 heavy (non-hydrogen) atoms. The lowest BCUT2D eigenvalue weighted by atomic mass is 9.73. The van der Waals surface area contributed by atoms with Gasteiger partial charge in [0.15, 0.2) is 0 Å². The summed E-state index contributed by atoms with van der Waals surface area (Å²) in [5.41, 5.74) is 0. The molecule has 1 rings (SSSR count). The van der Waals surface area contributed by atoms with Crippen molar-refractivity contribution < 1.29 is 0 Å². The molecule has 0 aliphatic heterocycles. The van der Waals surface area contributed by atoms with Crippen LogP contribution < -0.4 is 5.32 Å². The Bertz CT molecular complexity index is 204. The summed E-state index contributed by atoms with van der Waals surface area (Å²) in [6.07, 6.45) is 14.3. The third-order valence-electron chi connectivity index (χ3n) is 5.02. The Morgan fingerprint density at radius 2 is 1.47 bits per heavy atom. The Kier molecular flexibility index (Phi) is 8.77. The van der Waals surface area contributed by atoms with Gasteiger partial charge in [0.1, 0.15) is 0 Å². The number of unbranched alkanes of at least 4 members (excludes halogenated alkanes) is 5. The topological polar surface area (TPSA) is 12.0 Å². The summed E-state index contributed by atoms with van der Waals surface area (Å²) in [4.78, 5) is 0. The van der Waals surface area contributed by atoms with Crippen LogP contribution in [0.1, 0.15) is 85.0 Å². The van der Waals surface area contributed by atoms with Gasteiger partial charge in [0.25, 0.3) is 0 Å². The van der Waals surface area contributed by atoms with Crippen LogP contribution in [0, 0.1) is 17.8 Å². The van der Waals surface area contributed by atoms with Crippen LogP contribution in [-0.4, -0.2) is 13.1 Å². The molecule has 1 nitrogen and oxygen atoms in total. The summed E-state index contributed by atoms with van der Waals surface area (Å²) in [7, 11) is 2.17. The fraction of sp³-hybridized carbons (Fsp3) is 1.00. The van der Waals surface area contributed by atoms with Crippen LogP contribution in [0.15, 0.2) is 0 Å². The third-order valence-corrected chi connectivity index (χ3v) is 5.02. The number of rotatable bonds is 9. The van der Waals surface area contributed by atoms with E-state index in [2.05, 4.69) is 33.1 Å². The summed E-state index contributed by atoms with van der Waals surface area (Å²) in [6.45, 7) is 7.18. The van der Waals surface area contributed by atoms with E-state index >= 15 is 0 Å². The van der Waals surface area contributed by atoms with E-state index in [-0.39, 0.29) is 0 Å². The minimum Gasteiger partial charge on any atom is -0.317 e. The van der Waals surface area contributed by atoms with Gasteiger partial charge in [0, 0.05) is 6.04 Å². The highest BCUT2D eigenvalue weighted by Gasteiger charge is 2.28. The zero-order valence-corrected chi connectivity index (χ0v) is 13.9. The van der Waals surface area contributed by atoms with Crippen LogP contribution in [0.5, 0.6) is 0 Å². The fourth-order valence-electron chi connectivity index (χ4n) is 4.10. The van der Waals surface area contributed by atoms with Gasteiger partial charge in [-0.3, -0.25) is 0 Å². The molecule has 114 valence electrons. The van der Waals surface area contributed by atoms with Crippen LogP contribution in [0.3, 0.4) is 0 Å². The second kappa shape index (κ2) is 9.80. The average molecular weight is 268 g/mol. The van der Waals surface area contributed by atoms with E-state index in [1.54, 1.807) is 0 Å². The standard InChI is InChI=1S/C18H37N/c1-5-6-7-8-9-10-11-18(19-4)17-13-15(2)12-16(3)14-17/h15-19H,5-14H2,1-4H3. The monoisotopic (exact) mass is 267 g/mol. The lowest BCUT2D eigenvalue weighted by Crippen LogP contribution is -2.37. The minimum atomic E-state index is 0.774. The minimum absolute atomic E-state index is 0.774. The first-order chi connectivity index (χ1) is 9.17. The quantitative estimate of drug-likeness (QED) is 0.552. The largest absolute Gasteiger partial charge is 0.317 e. The van der Waals surface area contributed by atoms with Crippen molar-refractivity contribution in [2.45, 2.75) is 91.0 Å². The smallest absolute Gasteiger partial charge is 0.00925 e. The van der Waals surface area contributed by atoms with E-state index in [9.17, 15) is 0 Å². The molecule has 0 saturated heterocycles. The van der Waals surface area contributed by atoms with Crippen molar-refractivity contribution in [1.82, 2.24) is 5.32 Å². The van der Waals surface area contributed by atoms with Crippen molar-refractivity contribution in [1.29, 1.82) is 0 Å². The molecule has 0 amide bonds. The molecule has 1 N–H and O–H groups in total. The fourth-order valence-corrected chi connectivity index (χ4v) is 4.10. The SMILES string of the molecule is CCCCCCCCC(NC)C1CC(C)CC(C)C1. The Morgan fingerprint density at radius 1 is 0.895 bits per heavy atom. The highest BCUT2D eigenvalue weighted by Crippen LogP contribution is 2.35. The maximum absolute atomic E-state index is 3.61. The van der Waals surface area contributed by atoms with E-state index < -0.39 is 0 Å². The maximum atomic E-state index is 3.61. The van der Waals surface area contributed by atoms with Crippen LogP contribution >= 0.6 is 0 Å². The van der Waals surface area contributed by atoms with Gasteiger partial charge in [0.2, 0.25) is 0 Å². The highest BCUT2D eigenvalue weighted by atomic mass is 14.9. The van der Waals surface area contributed by atoms with E-state index in [0.29, 0.717) is 0 Å². The molecule has 0 aromatic heterocycles. The van der Waals surface area contributed by atoms with Gasteiger partial charge in [-0.2, -0.15) is 0 Å². The molecule has 1 saturated carbocycles. The molecule has 0 bridgehead atoms. The van der Waals surface area contributed by atoms with Crippen molar-refractivity contribution in [2.75, 3.05) is 7.05 Å². The molecule has 0 spiro atoms. The van der Waals surface area contributed by atoms with Gasteiger partial charge < -0.3 is 5.32 Å². The first-order valence-electron chi connectivity index (χ1n) is 8.84. The summed E-state index contributed by atoms with van der Waals surface area (Å²) >= 11 is 0. The molecule has 1 fully saturated rings. The van der Waals surface area contributed by atoms with Gasteiger partial charge in [0.05, 0.1) is 0 Å². The van der Waals surface area contributed by atoms with Crippen molar-refractivity contribution in [3.8, 4) is 0 Å². The molecule has 3 unspecified atom stereocenters. The second-order valence-electron chi connectivity index (χ2n) is 7.13. The Hall–Kier alpha value is -0.0400. The predicted octanol–water partition coefficient (Wildman–Crippen LogP) is 5.40. The Morgan fingerprint density at radius 3 is 2.05 bits per heavy atom. The van der Waals surface area contributed by atoms with Crippen LogP contribution in [0.4, 0.5) is 0 Å². The molecular formula is C18H37N. The summed E-state index contributed by atoms with van der Waals surface area (Å²) in [5, 5.41) is 3.61. The van der Waals surface area contributed by atoms with Crippen molar-refractivity contribution in [2.24, 2.45) is 17.8 Å². The molecule has 0 radical (unpaired) electrons. The number of hydrogen-bond donors (Lipinski definition) is 1. The molecule has 0 aromatic rings.